The number of H-pyrrole nitrogens is 1. The van der Waals surface area contributed by atoms with Crippen LogP contribution in [-0.4, -0.2) is 23.8 Å². The van der Waals surface area contributed by atoms with Crippen molar-refractivity contribution in [3.63, 3.8) is 0 Å². The number of fused-ring (bicyclic) bond motifs is 1. The summed E-state index contributed by atoms with van der Waals surface area (Å²) < 4.78 is 5.21. The van der Waals surface area contributed by atoms with Crippen molar-refractivity contribution in [2.45, 2.75) is 6.92 Å². The van der Waals surface area contributed by atoms with Gasteiger partial charge in [-0.05, 0) is 31.2 Å². The van der Waals surface area contributed by atoms with Gasteiger partial charge < -0.3 is 15.0 Å². The monoisotopic (exact) mass is 336 g/mol. The molecule has 0 unspecified atom stereocenters. The molecule has 0 aliphatic rings. The lowest BCUT2D eigenvalue weighted by Crippen LogP contribution is -2.22. The average Bonchev–Trinajstić information content (AvgIpc) is 2.61. The Kier molecular flexibility index (Phi) is 4.35. The number of amides is 1. The number of hydrogen-bond donors (Lipinski definition) is 2. The predicted molar refractivity (Wildman–Crippen MR) is 95.5 cm³/mol. The molecule has 0 spiro atoms. The van der Waals surface area contributed by atoms with Gasteiger partial charge in [-0.1, -0.05) is 18.2 Å². The van der Waals surface area contributed by atoms with E-state index in [0.29, 0.717) is 27.9 Å². The molecular formula is C19H16N2O4. The van der Waals surface area contributed by atoms with Gasteiger partial charge in [0.25, 0.3) is 5.91 Å². The molecule has 0 radical (unpaired) electrons. The largest absolute Gasteiger partial charge is 0.495 e. The van der Waals surface area contributed by atoms with Gasteiger partial charge in [-0.3, -0.25) is 14.4 Å². The normalized spacial score (nSPS) is 10.5. The van der Waals surface area contributed by atoms with Gasteiger partial charge in [0.2, 0.25) is 5.43 Å². The zero-order valence-corrected chi connectivity index (χ0v) is 13.8. The van der Waals surface area contributed by atoms with Crippen LogP contribution < -0.4 is 15.5 Å². The number of aromatic amines is 1. The number of benzene rings is 2. The number of anilines is 1. The number of rotatable bonds is 4. The molecule has 6 heteroatoms. The van der Waals surface area contributed by atoms with Crippen molar-refractivity contribution in [3.8, 4) is 5.75 Å². The minimum Gasteiger partial charge on any atom is -0.495 e. The molecule has 0 saturated carbocycles. The van der Waals surface area contributed by atoms with Crippen LogP contribution in [0.4, 0.5) is 5.69 Å². The second kappa shape index (κ2) is 6.60. The molecule has 1 heterocycles. The summed E-state index contributed by atoms with van der Waals surface area (Å²) in [6.07, 6.45) is 1.36. The first-order chi connectivity index (χ1) is 12.0. The van der Waals surface area contributed by atoms with Gasteiger partial charge in [0.05, 0.1) is 18.0 Å². The number of hydrogen-bond acceptors (Lipinski definition) is 4. The number of carbonyl (C=O) groups excluding carboxylic acids is 2. The third-order valence-electron chi connectivity index (χ3n) is 3.87. The lowest BCUT2D eigenvalue weighted by molar-refractivity contribution is 0.101. The number of aromatic nitrogens is 1. The van der Waals surface area contributed by atoms with E-state index in [1.165, 1.54) is 20.2 Å². The van der Waals surface area contributed by atoms with Gasteiger partial charge in [-0.2, -0.15) is 0 Å². The molecule has 0 atom stereocenters. The second-order valence-corrected chi connectivity index (χ2v) is 5.51. The van der Waals surface area contributed by atoms with Crippen LogP contribution in [0.3, 0.4) is 0 Å². The molecular weight excluding hydrogens is 320 g/mol. The third-order valence-corrected chi connectivity index (χ3v) is 3.87. The molecule has 126 valence electrons. The summed E-state index contributed by atoms with van der Waals surface area (Å²) >= 11 is 0. The molecule has 0 aliphatic heterocycles. The summed E-state index contributed by atoms with van der Waals surface area (Å²) in [5, 5.41) is 3.01. The molecule has 3 aromatic rings. The van der Waals surface area contributed by atoms with Crippen molar-refractivity contribution < 1.29 is 14.3 Å². The fraction of sp³-hybridized carbons (Fsp3) is 0.105. The van der Waals surface area contributed by atoms with Crippen LogP contribution >= 0.6 is 0 Å². The average molecular weight is 336 g/mol. The van der Waals surface area contributed by atoms with Gasteiger partial charge in [0.1, 0.15) is 11.3 Å². The highest BCUT2D eigenvalue weighted by molar-refractivity contribution is 6.06. The minimum absolute atomic E-state index is 0.0195. The van der Waals surface area contributed by atoms with E-state index < -0.39 is 11.3 Å². The summed E-state index contributed by atoms with van der Waals surface area (Å²) in [5.41, 5.74) is 1.05. The zero-order chi connectivity index (χ0) is 18.0. The fourth-order valence-electron chi connectivity index (χ4n) is 2.58. The first-order valence-electron chi connectivity index (χ1n) is 7.62. The minimum atomic E-state index is -0.549. The van der Waals surface area contributed by atoms with E-state index in [0.717, 1.165) is 0 Å². The summed E-state index contributed by atoms with van der Waals surface area (Å²) in [5.74, 6) is -0.130. The molecule has 2 N–H and O–H groups in total. The standard InChI is InChI=1S/C19H16N2O4/c1-11(22)12-5-3-6-13(9-12)21-19(24)15-10-20-17-14(18(15)23)7-4-8-16(17)25-2/h3-10H,1-2H3,(H,20,23)(H,21,24). The Labute approximate surface area is 143 Å². The molecule has 1 amide bonds. The van der Waals surface area contributed by atoms with E-state index in [1.54, 1.807) is 42.5 Å². The Morgan fingerprint density at radius 1 is 1.12 bits per heavy atom. The second-order valence-electron chi connectivity index (χ2n) is 5.51. The molecule has 0 saturated heterocycles. The molecule has 25 heavy (non-hydrogen) atoms. The van der Waals surface area contributed by atoms with Gasteiger partial charge >= 0.3 is 0 Å². The number of ether oxygens (including phenoxy) is 1. The molecule has 0 aliphatic carbocycles. The van der Waals surface area contributed by atoms with Gasteiger partial charge in [-0.15, -0.1) is 0 Å². The van der Waals surface area contributed by atoms with Gasteiger partial charge in [-0.25, -0.2) is 0 Å². The fourth-order valence-corrected chi connectivity index (χ4v) is 2.58. The maximum absolute atomic E-state index is 12.6. The van der Waals surface area contributed by atoms with Crippen molar-refractivity contribution in [2.24, 2.45) is 0 Å². The summed E-state index contributed by atoms with van der Waals surface area (Å²) in [6, 6.07) is 11.6. The Morgan fingerprint density at radius 2 is 1.88 bits per heavy atom. The van der Waals surface area contributed by atoms with E-state index in [9.17, 15) is 14.4 Å². The van der Waals surface area contributed by atoms with Crippen molar-refractivity contribution in [2.75, 3.05) is 12.4 Å². The van der Waals surface area contributed by atoms with E-state index in [2.05, 4.69) is 10.3 Å². The third kappa shape index (κ3) is 3.14. The Balaban J connectivity index is 1.98. The van der Waals surface area contributed by atoms with Gasteiger partial charge in [0.15, 0.2) is 5.78 Å². The van der Waals surface area contributed by atoms with E-state index in [1.807, 2.05) is 0 Å². The Hall–Kier alpha value is -3.41. The zero-order valence-electron chi connectivity index (χ0n) is 13.8. The van der Waals surface area contributed by atoms with E-state index in [4.69, 9.17) is 4.74 Å². The first kappa shape index (κ1) is 16.4. The van der Waals surface area contributed by atoms with Gasteiger partial charge in [0, 0.05) is 17.4 Å². The number of pyridine rings is 1. The van der Waals surface area contributed by atoms with Crippen molar-refractivity contribution in [1.29, 1.82) is 0 Å². The number of methoxy groups -OCH3 is 1. The van der Waals surface area contributed by atoms with Crippen LogP contribution in [-0.2, 0) is 0 Å². The quantitative estimate of drug-likeness (QED) is 0.717. The van der Waals surface area contributed by atoms with E-state index >= 15 is 0 Å². The van der Waals surface area contributed by atoms with Crippen LogP contribution in [0, 0.1) is 0 Å². The number of Topliss-reactive ketones (excluding diaryl/α,β-unsaturated/α-hetero) is 1. The van der Waals surface area contributed by atoms with Crippen LogP contribution in [0.2, 0.25) is 0 Å². The van der Waals surface area contributed by atoms with Crippen molar-refractivity contribution in [3.05, 3.63) is 70.0 Å². The molecule has 1 aromatic heterocycles. The summed E-state index contributed by atoms with van der Waals surface area (Å²) in [6.45, 7) is 1.45. The van der Waals surface area contributed by atoms with Crippen LogP contribution in [0.1, 0.15) is 27.6 Å². The molecule has 0 bridgehead atoms. The molecule has 0 fully saturated rings. The Morgan fingerprint density at radius 3 is 2.60 bits per heavy atom. The lowest BCUT2D eigenvalue weighted by Gasteiger charge is -2.08. The van der Waals surface area contributed by atoms with Crippen LogP contribution in [0.25, 0.3) is 10.9 Å². The molecule has 6 nitrogen and oxygen atoms in total. The SMILES string of the molecule is COc1cccc2c(=O)c(C(=O)Nc3cccc(C(C)=O)c3)c[nH]c12. The van der Waals surface area contributed by atoms with Crippen LogP contribution in [0.5, 0.6) is 5.75 Å². The lowest BCUT2D eigenvalue weighted by atomic mass is 10.1. The number of para-hydroxylation sites is 1. The maximum atomic E-state index is 12.6. The number of carbonyl (C=O) groups is 2. The van der Waals surface area contributed by atoms with E-state index in [-0.39, 0.29) is 11.3 Å². The maximum Gasteiger partial charge on any atom is 0.261 e. The topological polar surface area (TPSA) is 88.3 Å². The first-order valence-corrected chi connectivity index (χ1v) is 7.62. The Bertz CT molecular complexity index is 1040. The highest BCUT2D eigenvalue weighted by Gasteiger charge is 2.15. The molecule has 3 rings (SSSR count). The highest BCUT2D eigenvalue weighted by Crippen LogP contribution is 2.21. The summed E-state index contributed by atoms with van der Waals surface area (Å²) in [7, 11) is 1.51. The smallest absolute Gasteiger partial charge is 0.261 e. The predicted octanol–water partition coefficient (Wildman–Crippen LogP) is 2.99. The van der Waals surface area contributed by atoms with Crippen molar-refractivity contribution in [1.82, 2.24) is 4.98 Å². The highest BCUT2D eigenvalue weighted by atomic mass is 16.5. The number of nitrogens with one attached hydrogen (secondary N) is 2. The molecule has 2 aromatic carbocycles. The van der Waals surface area contributed by atoms with Crippen LogP contribution in [0.15, 0.2) is 53.5 Å². The summed E-state index contributed by atoms with van der Waals surface area (Å²) in [4.78, 5) is 39.5. The van der Waals surface area contributed by atoms with Crippen molar-refractivity contribution >= 4 is 28.3 Å². The number of ketones is 1.